The smallest absolute Gasteiger partial charge is 0.131 e. The predicted octanol–water partition coefficient (Wildman–Crippen LogP) is 6.16. The van der Waals surface area contributed by atoms with E-state index in [0.717, 1.165) is 12.1 Å². The molecule has 0 bridgehead atoms. The monoisotopic (exact) mass is 382 g/mol. The quantitative estimate of drug-likeness (QED) is 0.430. The zero-order valence-corrected chi connectivity index (χ0v) is 13.3. The molecular weight excluding hydrogens is 376 g/mol. The first-order valence-electron chi connectivity index (χ1n) is 5.55. The van der Waals surface area contributed by atoms with Crippen molar-refractivity contribution in [1.82, 2.24) is 0 Å². The number of rotatable bonds is 2. The van der Waals surface area contributed by atoms with Crippen molar-refractivity contribution in [2.75, 3.05) is 0 Å². The van der Waals surface area contributed by atoms with E-state index in [2.05, 4.69) is 15.9 Å². The van der Waals surface area contributed by atoms with E-state index >= 15 is 0 Å². The highest BCUT2D eigenvalue weighted by atomic mass is 79.9. The number of halogens is 6. The number of hydrogen-bond donors (Lipinski definition) is 0. The Labute approximate surface area is 132 Å². The van der Waals surface area contributed by atoms with Gasteiger partial charge in [0.05, 0.1) is 10.4 Å². The SMILES string of the molecule is Cc1cc(C(Cl)c2cc(Cl)c(Br)cc2F)c(F)cc1F. The molecule has 0 aliphatic rings. The maximum absolute atomic E-state index is 13.9. The molecular formula is C14H8BrCl2F3. The van der Waals surface area contributed by atoms with Crippen LogP contribution in [0, 0.1) is 24.4 Å². The van der Waals surface area contributed by atoms with Crippen molar-refractivity contribution < 1.29 is 13.2 Å². The minimum atomic E-state index is -1.10. The molecule has 2 aromatic rings. The van der Waals surface area contributed by atoms with Gasteiger partial charge in [0.15, 0.2) is 0 Å². The van der Waals surface area contributed by atoms with Gasteiger partial charge in [0.2, 0.25) is 0 Å². The Morgan fingerprint density at radius 1 is 0.950 bits per heavy atom. The van der Waals surface area contributed by atoms with Crippen LogP contribution in [0.15, 0.2) is 28.7 Å². The van der Waals surface area contributed by atoms with Gasteiger partial charge >= 0.3 is 0 Å². The van der Waals surface area contributed by atoms with E-state index in [1.165, 1.54) is 19.1 Å². The molecule has 0 saturated carbocycles. The summed E-state index contributed by atoms with van der Waals surface area (Å²) in [5.74, 6) is -2.13. The molecule has 1 atom stereocenters. The molecule has 0 spiro atoms. The van der Waals surface area contributed by atoms with Crippen LogP contribution in [0.5, 0.6) is 0 Å². The minimum absolute atomic E-state index is 0.00264. The lowest BCUT2D eigenvalue weighted by Gasteiger charge is -2.14. The molecule has 0 N–H and O–H groups in total. The molecule has 0 amide bonds. The second kappa shape index (κ2) is 5.96. The van der Waals surface area contributed by atoms with Crippen molar-refractivity contribution in [1.29, 1.82) is 0 Å². The topological polar surface area (TPSA) is 0 Å². The third kappa shape index (κ3) is 2.97. The average molecular weight is 384 g/mol. The Morgan fingerprint density at radius 2 is 1.50 bits per heavy atom. The molecule has 0 saturated heterocycles. The Morgan fingerprint density at radius 3 is 2.15 bits per heavy atom. The molecule has 0 fully saturated rings. The predicted molar refractivity (Wildman–Crippen MR) is 77.9 cm³/mol. The van der Waals surface area contributed by atoms with Gasteiger partial charge in [0.1, 0.15) is 17.5 Å². The van der Waals surface area contributed by atoms with Gasteiger partial charge in [-0.1, -0.05) is 11.6 Å². The van der Waals surface area contributed by atoms with E-state index in [1.807, 2.05) is 0 Å². The van der Waals surface area contributed by atoms with Crippen LogP contribution in [-0.2, 0) is 0 Å². The molecule has 2 aromatic carbocycles. The average Bonchev–Trinajstić information content (AvgIpc) is 2.37. The van der Waals surface area contributed by atoms with Gasteiger partial charge in [-0.05, 0) is 46.6 Å². The maximum Gasteiger partial charge on any atom is 0.131 e. The zero-order valence-electron chi connectivity index (χ0n) is 10.2. The van der Waals surface area contributed by atoms with Crippen molar-refractivity contribution in [3.63, 3.8) is 0 Å². The Balaban J connectivity index is 2.54. The molecule has 0 nitrogen and oxygen atoms in total. The number of hydrogen-bond acceptors (Lipinski definition) is 0. The van der Waals surface area contributed by atoms with Crippen LogP contribution in [0.1, 0.15) is 22.1 Å². The van der Waals surface area contributed by atoms with E-state index in [1.54, 1.807) is 0 Å². The van der Waals surface area contributed by atoms with Gasteiger partial charge in [0.25, 0.3) is 0 Å². The van der Waals surface area contributed by atoms with Crippen LogP contribution < -0.4 is 0 Å². The first kappa shape index (κ1) is 15.7. The van der Waals surface area contributed by atoms with Crippen LogP contribution in [0.2, 0.25) is 5.02 Å². The van der Waals surface area contributed by atoms with Gasteiger partial charge in [-0.3, -0.25) is 0 Å². The maximum atomic E-state index is 13.9. The summed E-state index contributed by atoms with van der Waals surface area (Å²) in [5.41, 5.74) is 0.267. The van der Waals surface area contributed by atoms with Gasteiger partial charge in [-0.2, -0.15) is 0 Å². The molecule has 0 radical (unpaired) electrons. The molecule has 0 aliphatic heterocycles. The van der Waals surface area contributed by atoms with Gasteiger partial charge in [-0.25, -0.2) is 13.2 Å². The van der Waals surface area contributed by atoms with E-state index in [4.69, 9.17) is 23.2 Å². The summed E-state index contributed by atoms with van der Waals surface area (Å²) in [7, 11) is 0. The van der Waals surface area contributed by atoms with Gasteiger partial charge in [-0.15, -0.1) is 11.6 Å². The largest absolute Gasteiger partial charge is 0.207 e. The fraction of sp³-hybridized carbons (Fsp3) is 0.143. The molecule has 2 rings (SSSR count). The third-order valence-electron chi connectivity index (χ3n) is 2.86. The number of alkyl halides is 1. The highest BCUT2D eigenvalue weighted by Crippen LogP contribution is 2.36. The molecule has 6 heteroatoms. The zero-order chi connectivity index (χ0) is 15.0. The summed E-state index contributed by atoms with van der Waals surface area (Å²) in [6.07, 6.45) is 0. The summed E-state index contributed by atoms with van der Waals surface area (Å²) >= 11 is 15.1. The van der Waals surface area contributed by atoms with Crippen molar-refractivity contribution in [3.8, 4) is 0 Å². The summed E-state index contributed by atoms with van der Waals surface area (Å²) in [5, 5.41) is -0.841. The van der Waals surface area contributed by atoms with Gasteiger partial charge < -0.3 is 0 Å². The number of aryl methyl sites for hydroxylation is 1. The van der Waals surface area contributed by atoms with E-state index in [9.17, 15) is 13.2 Å². The van der Waals surface area contributed by atoms with Crippen LogP contribution in [0.4, 0.5) is 13.2 Å². The highest BCUT2D eigenvalue weighted by molar-refractivity contribution is 9.10. The summed E-state index contributed by atoms with van der Waals surface area (Å²) in [4.78, 5) is 0. The van der Waals surface area contributed by atoms with E-state index in [0.29, 0.717) is 4.47 Å². The third-order valence-corrected chi connectivity index (χ3v) is 4.53. The first-order chi connectivity index (χ1) is 9.31. The second-order valence-electron chi connectivity index (χ2n) is 4.27. The first-order valence-corrected chi connectivity index (χ1v) is 7.16. The van der Waals surface area contributed by atoms with Crippen molar-refractivity contribution in [2.45, 2.75) is 12.3 Å². The van der Waals surface area contributed by atoms with Crippen LogP contribution >= 0.6 is 39.1 Å². The van der Waals surface area contributed by atoms with Crippen LogP contribution in [0.25, 0.3) is 0 Å². The summed E-state index contributed by atoms with van der Waals surface area (Å²) in [6.45, 7) is 1.48. The second-order valence-corrected chi connectivity index (χ2v) is 5.97. The minimum Gasteiger partial charge on any atom is -0.207 e. The van der Waals surface area contributed by atoms with Gasteiger partial charge in [0, 0.05) is 21.7 Å². The van der Waals surface area contributed by atoms with Crippen LogP contribution in [-0.4, -0.2) is 0 Å². The summed E-state index contributed by atoms with van der Waals surface area (Å²) < 4.78 is 41.3. The Hall–Kier alpha value is -0.710. The molecule has 0 aromatic heterocycles. The lowest BCUT2D eigenvalue weighted by molar-refractivity contribution is 0.565. The lowest BCUT2D eigenvalue weighted by atomic mass is 10.0. The Kier molecular flexibility index (Phi) is 4.67. The van der Waals surface area contributed by atoms with Crippen molar-refractivity contribution >= 4 is 39.1 Å². The standard InChI is InChI=1S/C14H8BrCl2F3/c1-6-2-7(13(20)5-11(6)18)14(17)8-3-10(16)9(15)4-12(8)19/h2-5,14H,1H3. The fourth-order valence-corrected chi connectivity index (χ4v) is 2.60. The molecule has 1 unspecified atom stereocenters. The van der Waals surface area contributed by atoms with Crippen molar-refractivity contribution in [2.24, 2.45) is 0 Å². The highest BCUT2D eigenvalue weighted by Gasteiger charge is 2.21. The molecule has 0 aliphatic carbocycles. The summed E-state index contributed by atoms with van der Waals surface area (Å²) in [6, 6.07) is 4.47. The molecule has 106 valence electrons. The lowest BCUT2D eigenvalue weighted by Crippen LogP contribution is -2.02. The molecule has 20 heavy (non-hydrogen) atoms. The Bertz CT molecular complexity index is 616. The fourth-order valence-electron chi connectivity index (χ4n) is 1.77. The number of benzene rings is 2. The van der Waals surface area contributed by atoms with E-state index in [-0.39, 0.29) is 21.7 Å². The van der Waals surface area contributed by atoms with E-state index < -0.39 is 22.8 Å². The van der Waals surface area contributed by atoms with Crippen LogP contribution in [0.3, 0.4) is 0 Å². The normalized spacial score (nSPS) is 12.6. The molecule has 0 heterocycles. The van der Waals surface area contributed by atoms with Crippen molar-refractivity contribution in [3.05, 3.63) is 67.9 Å².